The maximum atomic E-state index is 13.6. The zero-order valence-corrected chi connectivity index (χ0v) is 11.4. The quantitative estimate of drug-likeness (QED) is 0.923. The number of aryl methyl sites for hydroxylation is 1. The molecule has 5 nitrogen and oxygen atoms in total. The number of nitrogens with two attached hydrogens (primary N) is 1. The predicted octanol–water partition coefficient (Wildman–Crippen LogP) is 1.33. The van der Waals surface area contributed by atoms with Crippen LogP contribution in [0.25, 0.3) is 0 Å². The molecular weight excluding hydrogens is 269 g/mol. The molecule has 102 valence electrons. The summed E-state index contributed by atoms with van der Waals surface area (Å²) in [5.74, 6) is -0.354. The van der Waals surface area contributed by atoms with Crippen molar-refractivity contribution in [2.45, 2.75) is 25.3 Å². The Labute approximate surface area is 110 Å². The first-order valence-electron chi connectivity index (χ1n) is 5.61. The summed E-state index contributed by atoms with van der Waals surface area (Å²) in [6.45, 7) is 3.32. The van der Waals surface area contributed by atoms with Gasteiger partial charge in [0, 0.05) is 5.56 Å². The Morgan fingerprint density at radius 1 is 1.32 bits per heavy atom. The van der Waals surface area contributed by atoms with Crippen LogP contribution in [0.1, 0.15) is 17.0 Å². The van der Waals surface area contributed by atoms with Crippen molar-refractivity contribution in [3.63, 3.8) is 0 Å². The number of sulfonamides is 1. The van der Waals surface area contributed by atoms with Crippen molar-refractivity contribution in [2.24, 2.45) is 5.14 Å². The van der Waals surface area contributed by atoms with Gasteiger partial charge < -0.3 is 0 Å². The van der Waals surface area contributed by atoms with Gasteiger partial charge in [-0.15, -0.1) is 0 Å². The highest BCUT2D eigenvalue weighted by molar-refractivity contribution is 7.89. The Balaban J connectivity index is 2.47. The molecule has 0 fully saturated rings. The highest BCUT2D eigenvalue weighted by atomic mass is 32.2. The molecule has 2 rings (SSSR count). The molecule has 0 aliphatic carbocycles. The van der Waals surface area contributed by atoms with E-state index in [0.29, 0.717) is 17.0 Å². The Morgan fingerprint density at radius 3 is 2.47 bits per heavy atom. The molecule has 0 bridgehead atoms. The second kappa shape index (κ2) is 4.75. The lowest BCUT2D eigenvalue weighted by Gasteiger charge is -2.06. The lowest BCUT2D eigenvalue weighted by Crippen LogP contribution is -2.14. The van der Waals surface area contributed by atoms with E-state index >= 15 is 0 Å². The number of rotatable bonds is 3. The smallest absolute Gasteiger partial charge is 0.241 e. The second-order valence-corrected chi connectivity index (χ2v) is 5.79. The second-order valence-electron chi connectivity index (χ2n) is 4.29. The molecule has 1 heterocycles. The van der Waals surface area contributed by atoms with Crippen molar-refractivity contribution in [1.29, 1.82) is 0 Å². The fourth-order valence-corrected chi connectivity index (χ4v) is 3.00. The summed E-state index contributed by atoms with van der Waals surface area (Å²) in [6, 6.07) is 6.28. The first-order chi connectivity index (χ1) is 8.80. The average molecular weight is 283 g/mol. The van der Waals surface area contributed by atoms with Crippen molar-refractivity contribution >= 4 is 10.0 Å². The molecule has 0 radical (unpaired) electrons. The monoisotopic (exact) mass is 283 g/mol. The third-order valence-electron chi connectivity index (χ3n) is 2.88. The highest BCUT2D eigenvalue weighted by Crippen LogP contribution is 2.19. The van der Waals surface area contributed by atoms with Crippen LogP contribution in [-0.4, -0.2) is 18.2 Å². The van der Waals surface area contributed by atoms with Crippen LogP contribution in [0.2, 0.25) is 0 Å². The highest BCUT2D eigenvalue weighted by Gasteiger charge is 2.21. The summed E-state index contributed by atoms with van der Waals surface area (Å²) >= 11 is 0. The third-order valence-corrected chi connectivity index (χ3v) is 4.04. The van der Waals surface area contributed by atoms with Gasteiger partial charge in [-0.05, 0) is 19.9 Å². The number of nitrogens with zero attached hydrogens (tertiary/aromatic N) is 2. The summed E-state index contributed by atoms with van der Waals surface area (Å²) in [4.78, 5) is 0.00355. The van der Waals surface area contributed by atoms with Crippen LogP contribution >= 0.6 is 0 Å². The van der Waals surface area contributed by atoms with Crippen molar-refractivity contribution < 1.29 is 12.8 Å². The average Bonchev–Trinajstić information content (AvgIpc) is 2.56. The summed E-state index contributed by atoms with van der Waals surface area (Å²) in [5, 5.41) is 9.24. The summed E-state index contributed by atoms with van der Waals surface area (Å²) < 4.78 is 37.9. The SMILES string of the molecule is Cc1nn(Cc2ccccc2F)c(C)c1S(N)(=O)=O. The summed E-state index contributed by atoms with van der Waals surface area (Å²) in [6.07, 6.45) is 0. The fourth-order valence-electron chi connectivity index (χ4n) is 2.03. The van der Waals surface area contributed by atoms with Crippen molar-refractivity contribution in [3.05, 3.63) is 47.0 Å². The molecule has 0 atom stereocenters. The van der Waals surface area contributed by atoms with Gasteiger partial charge in [-0.1, -0.05) is 18.2 Å². The first kappa shape index (κ1) is 13.7. The van der Waals surface area contributed by atoms with Crippen LogP contribution in [0.5, 0.6) is 0 Å². The zero-order chi connectivity index (χ0) is 14.2. The van der Waals surface area contributed by atoms with Crippen molar-refractivity contribution in [3.8, 4) is 0 Å². The normalized spacial score (nSPS) is 11.8. The molecular formula is C12H14FN3O2S. The Kier molecular flexibility index (Phi) is 3.42. The molecule has 2 aromatic rings. The van der Waals surface area contributed by atoms with Gasteiger partial charge in [0.2, 0.25) is 10.0 Å². The lowest BCUT2D eigenvalue weighted by molar-refractivity contribution is 0.577. The van der Waals surface area contributed by atoms with E-state index in [4.69, 9.17) is 5.14 Å². The number of primary sulfonamides is 1. The summed E-state index contributed by atoms with van der Waals surface area (Å²) in [7, 11) is -3.82. The maximum absolute atomic E-state index is 13.6. The van der Waals surface area contributed by atoms with E-state index in [1.165, 1.54) is 10.7 Å². The van der Waals surface area contributed by atoms with Crippen LogP contribution in [-0.2, 0) is 16.6 Å². The number of benzene rings is 1. The zero-order valence-electron chi connectivity index (χ0n) is 10.6. The molecule has 1 aromatic heterocycles. The lowest BCUT2D eigenvalue weighted by atomic mass is 10.2. The van der Waals surface area contributed by atoms with Gasteiger partial charge in [0.15, 0.2) is 0 Å². The summed E-state index contributed by atoms with van der Waals surface area (Å²) in [5.41, 5.74) is 1.16. The first-order valence-corrected chi connectivity index (χ1v) is 7.15. The molecule has 0 unspecified atom stereocenters. The Bertz CT molecular complexity index is 723. The molecule has 0 saturated carbocycles. The van der Waals surface area contributed by atoms with Crippen LogP contribution in [0.3, 0.4) is 0 Å². The van der Waals surface area contributed by atoms with Gasteiger partial charge in [0.05, 0.1) is 17.9 Å². The van der Waals surface area contributed by atoms with E-state index in [9.17, 15) is 12.8 Å². The van der Waals surface area contributed by atoms with Crippen molar-refractivity contribution in [1.82, 2.24) is 9.78 Å². The van der Waals surface area contributed by atoms with E-state index in [2.05, 4.69) is 5.10 Å². The van der Waals surface area contributed by atoms with Gasteiger partial charge in [-0.3, -0.25) is 4.68 Å². The number of hydrogen-bond acceptors (Lipinski definition) is 3. The molecule has 0 spiro atoms. The van der Waals surface area contributed by atoms with Gasteiger partial charge in [0.25, 0.3) is 0 Å². The van der Waals surface area contributed by atoms with Crippen molar-refractivity contribution in [2.75, 3.05) is 0 Å². The predicted molar refractivity (Wildman–Crippen MR) is 68.6 cm³/mol. The van der Waals surface area contributed by atoms with E-state index in [1.807, 2.05) is 0 Å². The van der Waals surface area contributed by atoms with Gasteiger partial charge in [0.1, 0.15) is 10.7 Å². The molecule has 19 heavy (non-hydrogen) atoms. The van der Waals surface area contributed by atoms with Crippen LogP contribution in [0, 0.1) is 19.7 Å². The van der Waals surface area contributed by atoms with Gasteiger partial charge in [-0.25, -0.2) is 17.9 Å². The van der Waals surface area contributed by atoms with E-state index in [0.717, 1.165) is 0 Å². The molecule has 2 N–H and O–H groups in total. The maximum Gasteiger partial charge on any atom is 0.241 e. The van der Waals surface area contributed by atoms with E-state index in [1.54, 1.807) is 32.0 Å². The Morgan fingerprint density at radius 2 is 1.95 bits per heavy atom. The van der Waals surface area contributed by atoms with Gasteiger partial charge in [-0.2, -0.15) is 5.10 Å². The van der Waals surface area contributed by atoms with Crippen LogP contribution in [0.4, 0.5) is 4.39 Å². The Hall–Kier alpha value is -1.73. The van der Waals surface area contributed by atoms with E-state index in [-0.39, 0.29) is 17.3 Å². The molecule has 0 aliphatic heterocycles. The minimum atomic E-state index is -3.82. The van der Waals surface area contributed by atoms with Crippen LogP contribution in [0.15, 0.2) is 29.2 Å². The number of halogens is 1. The van der Waals surface area contributed by atoms with Gasteiger partial charge >= 0.3 is 0 Å². The third kappa shape index (κ3) is 2.66. The molecule has 7 heteroatoms. The van der Waals surface area contributed by atoms with E-state index < -0.39 is 10.0 Å². The largest absolute Gasteiger partial charge is 0.264 e. The minimum Gasteiger partial charge on any atom is -0.264 e. The standard InChI is InChI=1S/C12H14FN3O2S/c1-8-12(19(14,17)18)9(2)16(15-8)7-10-5-3-4-6-11(10)13/h3-6H,7H2,1-2H3,(H2,14,17,18). The topological polar surface area (TPSA) is 78.0 Å². The molecule has 0 aliphatic rings. The number of aromatic nitrogens is 2. The molecule has 0 saturated heterocycles. The van der Waals surface area contributed by atoms with Crippen LogP contribution < -0.4 is 5.14 Å². The minimum absolute atomic E-state index is 0.00355. The molecule has 1 aromatic carbocycles. The molecule has 0 amide bonds. The fraction of sp³-hybridized carbons (Fsp3) is 0.250. The number of hydrogen-bond donors (Lipinski definition) is 1.